The summed E-state index contributed by atoms with van der Waals surface area (Å²) in [6.45, 7) is 4.99. The number of ether oxygens (including phenoxy) is 1. The number of esters is 1. The lowest BCUT2D eigenvalue weighted by atomic mass is 9.45. The molecular formula is C24H30O3. The zero-order chi connectivity index (χ0) is 18.3. The van der Waals surface area contributed by atoms with Crippen LogP contribution < -0.4 is 0 Å². The minimum absolute atomic E-state index is 0.0561. The first-order valence-corrected chi connectivity index (χ1v) is 11.4. The molecule has 0 aromatic rings. The van der Waals surface area contributed by atoms with Crippen molar-refractivity contribution in [3.05, 3.63) is 11.6 Å². The molecule has 0 radical (unpaired) electrons. The molecule has 3 heteroatoms. The van der Waals surface area contributed by atoms with Gasteiger partial charge < -0.3 is 4.74 Å². The van der Waals surface area contributed by atoms with Crippen molar-refractivity contribution in [3.8, 4) is 0 Å². The molecule has 5 saturated carbocycles. The first-order chi connectivity index (χ1) is 12.9. The van der Waals surface area contributed by atoms with Crippen LogP contribution in [0.15, 0.2) is 11.6 Å². The number of fused-ring (bicyclic) bond motifs is 12. The van der Waals surface area contributed by atoms with E-state index >= 15 is 0 Å². The first kappa shape index (κ1) is 15.8. The minimum atomic E-state index is -0.131. The predicted molar refractivity (Wildman–Crippen MR) is 99.5 cm³/mol. The van der Waals surface area contributed by atoms with Crippen molar-refractivity contribution in [1.29, 1.82) is 0 Å². The van der Waals surface area contributed by atoms with Crippen molar-refractivity contribution in [2.24, 2.45) is 52.3 Å². The number of carbonyl (C=O) groups is 2. The Morgan fingerprint density at radius 2 is 1.85 bits per heavy atom. The van der Waals surface area contributed by atoms with Crippen LogP contribution in [0.3, 0.4) is 0 Å². The van der Waals surface area contributed by atoms with Crippen LogP contribution >= 0.6 is 0 Å². The van der Waals surface area contributed by atoms with Gasteiger partial charge in [-0.15, -0.1) is 0 Å². The summed E-state index contributed by atoms with van der Waals surface area (Å²) in [4.78, 5) is 24.3. The number of allylic oxidation sites excluding steroid dienone is 1. The van der Waals surface area contributed by atoms with Gasteiger partial charge in [-0.1, -0.05) is 19.4 Å². The quantitative estimate of drug-likeness (QED) is 0.600. The third-order valence-electron chi connectivity index (χ3n) is 10.9. The maximum Gasteiger partial charge on any atom is 0.306 e. The largest absolute Gasteiger partial charge is 0.458 e. The second kappa shape index (κ2) is 4.39. The second-order valence-corrected chi connectivity index (χ2v) is 11.5. The van der Waals surface area contributed by atoms with Gasteiger partial charge in [0.15, 0.2) is 5.78 Å². The molecule has 1 heterocycles. The molecule has 6 aliphatic carbocycles. The van der Waals surface area contributed by atoms with E-state index in [9.17, 15) is 9.59 Å². The van der Waals surface area contributed by atoms with E-state index in [4.69, 9.17) is 4.74 Å². The minimum Gasteiger partial charge on any atom is -0.458 e. The molecule has 1 aliphatic heterocycles. The van der Waals surface area contributed by atoms with Crippen LogP contribution in [0.4, 0.5) is 0 Å². The highest BCUT2D eigenvalue weighted by Gasteiger charge is 2.81. The zero-order valence-corrected chi connectivity index (χ0v) is 16.5. The Morgan fingerprint density at radius 1 is 1.00 bits per heavy atom. The van der Waals surface area contributed by atoms with E-state index in [-0.39, 0.29) is 22.4 Å². The van der Waals surface area contributed by atoms with E-state index in [0.717, 1.165) is 48.9 Å². The summed E-state index contributed by atoms with van der Waals surface area (Å²) < 4.78 is 6.22. The summed E-state index contributed by atoms with van der Waals surface area (Å²) in [7, 11) is 0. The maximum absolute atomic E-state index is 12.2. The van der Waals surface area contributed by atoms with Gasteiger partial charge in [-0.2, -0.15) is 0 Å². The summed E-state index contributed by atoms with van der Waals surface area (Å²) in [5.74, 6) is 5.65. The molecule has 0 N–H and O–H groups in total. The lowest BCUT2D eigenvalue weighted by Gasteiger charge is -2.60. The molecule has 7 rings (SSSR count). The van der Waals surface area contributed by atoms with E-state index in [0.29, 0.717) is 24.0 Å². The Balaban J connectivity index is 1.33. The van der Waals surface area contributed by atoms with E-state index in [1.165, 1.54) is 31.3 Å². The van der Waals surface area contributed by atoms with Gasteiger partial charge >= 0.3 is 5.97 Å². The number of carbonyl (C=O) groups excluding carboxylic acids is 2. The molecule has 0 amide bonds. The monoisotopic (exact) mass is 366 g/mol. The van der Waals surface area contributed by atoms with Gasteiger partial charge in [-0.3, -0.25) is 9.59 Å². The average molecular weight is 367 g/mol. The maximum atomic E-state index is 12.2. The van der Waals surface area contributed by atoms with Crippen LogP contribution in [0.1, 0.15) is 65.2 Å². The van der Waals surface area contributed by atoms with Crippen LogP contribution in [0.5, 0.6) is 0 Å². The molecule has 0 aromatic carbocycles. The molecule has 6 fully saturated rings. The van der Waals surface area contributed by atoms with E-state index in [1.807, 2.05) is 0 Å². The van der Waals surface area contributed by atoms with Crippen molar-refractivity contribution in [3.63, 3.8) is 0 Å². The Kier molecular flexibility index (Phi) is 2.56. The summed E-state index contributed by atoms with van der Waals surface area (Å²) in [5, 5.41) is 0. The molecule has 1 spiro atoms. The Hall–Kier alpha value is -1.12. The van der Waals surface area contributed by atoms with E-state index in [2.05, 4.69) is 19.9 Å². The summed E-state index contributed by atoms with van der Waals surface area (Å²) in [5.41, 5.74) is 1.85. The van der Waals surface area contributed by atoms with Crippen LogP contribution in [0, 0.1) is 52.3 Å². The molecule has 144 valence electrons. The molecule has 10 atom stereocenters. The molecule has 1 saturated heterocycles. The van der Waals surface area contributed by atoms with Crippen LogP contribution in [-0.2, 0) is 14.3 Å². The van der Waals surface area contributed by atoms with Gasteiger partial charge in [0.1, 0.15) is 5.60 Å². The van der Waals surface area contributed by atoms with Gasteiger partial charge in [0, 0.05) is 24.2 Å². The fourth-order valence-electron chi connectivity index (χ4n) is 9.74. The van der Waals surface area contributed by atoms with Crippen LogP contribution in [0.2, 0.25) is 0 Å². The van der Waals surface area contributed by atoms with E-state index < -0.39 is 0 Å². The normalized spacial score (nSPS) is 62.0. The fraction of sp³-hybridized carbons (Fsp3) is 0.833. The van der Waals surface area contributed by atoms with E-state index in [1.54, 1.807) is 0 Å². The molecule has 0 aromatic heterocycles. The third-order valence-corrected chi connectivity index (χ3v) is 10.9. The first-order valence-electron chi connectivity index (χ1n) is 11.4. The highest BCUT2D eigenvalue weighted by Crippen LogP contribution is 2.82. The van der Waals surface area contributed by atoms with Crippen molar-refractivity contribution >= 4 is 11.8 Å². The topological polar surface area (TPSA) is 43.4 Å². The van der Waals surface area contributed by atoms with Crippen molar-refractivity contribution in [1.82, 2.24) is 0 Å². The predicted octanol–water partition coefficient (Wildman–Crippen LogP) is 4.31. The van der Waals surface area contributed by atoms with Crippen molar-refractivity contribution in [2.75, 3.05) is 0 Å². The Bertz CT molecular complexity index is 827. The van der Waals surface area contributed by atoms with Gasteiger partial charge in [-0.25, -0.2) is 0 Å². The molecule has 7 aliphatic rings. The number of hydrogen-bond donors (Lipinski definition) is 0. The van der Waals surface area contributed by atoms with Gasteiger partial charge in [0.25, 0.3) is 0 Å². The molecule has 27 heavy (non-hydrogen) atoms. The SMILES string of the molecule is CC12CCC(=O)C=C1[C@@H]1C[C@@H]1C1C2CC[C@@]2(C)C1[C@@H]1C[C@@H]1[C@@]21CCC(=O)O1. The van der Waals surface area contributed by atoms with Gasteiger partial charge in [0.2, 0.25) is 0 Å². The highest BCUT2D eigenvalue weighted by molar-refractivity contribution is 5.92. The number of ketones is 1. The molecule has 0 bridgehead atoms. The highest BCUT2D eigenvalue weighted by atomic mass is 16.6. The third kappa shape index (κ3) is 1.58. The lowest BCUT2D eigenvalue weighted by Crippen LogP contribution is -2.57. The van der Waals surface area contributed by atoms with Crippen LogP contribution in [-0.4, -0.2) is 17.4 Å². The van der Waals surface area contributed by atoms with Gasteiger partial charge in [-0.05, 0) is 85.5 Å². The molecule has 3 nitrogen and oxygen atoms in total. The Morgan fingerprint density at radius 3 is 2.63 bits per heavy atom. The summed E-state index contributed by atoms with van der Waals surface area (Å²) >= 11 is 0. The lowest BCUT2D eigenvalue weighted by molar-refractivity contribution is -0.177. The number of hydrogen-bond acceptors (Lipinski definition) is 3. The molecule has 4 unspecified atom stereocenters. The summed E-state index contributed by atoms with van der Waals surface area (Å²) in [6, 6.07) is 0. The zero-order valence-electron chi connectivity index (χ0n) is 16.5. The molecular weight excluding hydrogens is 336 g/mol. The second-order valence-electron chi connectivity index (χ2n) is 11.5. The number of rotatable bonds is 0. The summed E-state index contributed by atoms with van der Waals surface area (Å²) in [6.07, 6.45) is 10.6. The average Bonchev–Trinajstić information content (AvgIpc) is 3.53. The fourth-order valence-corrected chi connectivity index (χ4v) is 9.74. The Labute approximate surface area is 161 Å². The van der Waals surface area contributed by atoms with Gasteiger partial charge in [0.05, 0.1) is 0 Å². The van der Waals surface area contributed by atoms with Crippen LogP contribution in [0.25, 0.3) is 0 Å². The van der Waals surface area contributed by atoms with Crippen molar-refractivity contribution in [2.45, 2.75) is 70.8 Å². The smallest absolute Gasteiger partial charge is 0.306 e. The van der Waals surface area contributed by atoms with Crippen molar-refractivity contribution < 1.29 is 14.3 Å². The standard InChI is InChI=1S/C24H30O3/c1-22-6-3-12(25)9-17(22)13-10-14(13)20-16(22)4-7-23(2)21(20)15-11-18(15)24(23)8-5-19(26)27-24/h9,13-16,18,20-21H,3-8,10-11H2,1-2H3/t13-,14+,15-,16?,18+,20?,21?,22?,23+,24+/m1/s1.